The highest BCUT2D eigenvalue weighted by atomic mass is 16.5. The molecule has 1 saturated heterocycles. The number of aliphatic hydroxyl groups excluding tert-OH is 1. The van der Waals surface area contributed by atoms with Crippen molar-refractivity contribution in [2.45, 2.75) is 25.4 Å². The van der Waals surface area contributed by atoms with Gasteiger partial charge in [0, 0.05) is 26.8 Å². The summed E-state index contributed by atoms with van der Waals surface area (Å²) in [5, 5.41) is 8.88. The van der Waals surface area contributed by atoms with Gasteiger partial charge in [-0.1, -0.05) is 0 Å². The number of nitrogens with zero attached hydrogens (tertiary/aromatic N) is 1. The number of carbonyl (C=O) groups excluding carboxylic acids is 1. The second-order valence-corrected chi connectivity index (χ2v) is 3.94. The van der Waals surface area contributed by atoms with Crippen LogP contribution in [0.4, 0.5) is 0 Å². The molecule has 1 fully saturated rings. The molecule has 1 heterocycles. The summed E-state index contributed by atoms with van der Waals surface area (Å²) in [5.41, 5.74) is 0. The van der Waals surface area contributed by atoms with Crippen molar-refractivity contribution in [3.8, 4) is 0 Å². The van der Waals surface area contributed by atoms with Crippen molar-refractivity contribution >= 4 is 5.91 Å². The lowest BCUT2D eigenvalue weighted by Gasteiger charge is -2.22. The summed E-state index contributed by atoms with van der Waals surface area (Å²) in [6.07, 6.45) is 2.49. The maximum atomic E-state index is 11.9. The molecule has 5 heteroatoms. The van der Waals surface area contributed by atoms with Gasteiger partial charge in [-0.25, -0.2) is 0 Å². The highest BCUT2D eigenvalue weighted by Crippen LogP contribution is 2.16. The van der Waals surface area contributed by atoms with Crippen LogP contribution in [0.2, 0.25) is 0 Å². The lowest BCUT2D eigenvalue weighted by molar-refractivity contribution is -0.134. The Labute approximate surface area is 96.3 Å². The average molecular weight is 231 g/mol. The largest absolute Gasteiger partial charge is 0.395 e. The van der Waals surface area contributed by atoms with Crippen LogP contribution in [0, 0.1) is 0 Å². The maximum absolute atomic E-state index is 11.9. The van der Waals surface area contributed by atoms with Crippen LogP contribution in [-0.2, 0) is 14.3 Å². The van der Waals surface area contributed by atoms with E-state index in [1.54, 1.807) is 12.0 Å². The van der Waals surface area contributed by atoms with Gasteiger partial charge in [0.05, 0.1) is 25.7 Å². The summed E-state index contributed by atoms with van der Waals surface area (Å²) in [5.74, 6) is 0.0398. The standard InChI is InChI=1S/C11H21NO4/c1-15-8-5-12(4-6-13)11(14)9-10-3-2-7-16-10/h10,13H,2-9H2,1H3. The zero-order valence-corrected chi connectivity index (χ0v) is 9.85. The van der Waals surface area contributed by atoms with E-state index in [4.69, 9.17) is 14.6 Å². The molecule has 1 N–H and O–H groups in total. The lowest BCUT2D eigenvalue weighted by atomic mass is 10.1. The number of ether oxygens (including phenoxy) is 2. The first-order chi connectivity index (χ1) is 7.77. The number of rotatable bonds is 7. The van der Waals surface area contributed by atoms with Crippen molar-refractivity contribution in [3.05, 3.63) is 0 Å². The second kappa shape index (κ2) is 7.60. The van der Waals surface area contributed by atoms with Gasteiger partial charge >= 0.3 is 0 Å². The number of hydrogen-bond acceptors (Lipinski definition) is 4. The smallest absolute Gasteiger partial charge is 0.225 e. The highest BCUT2D eigenvalue weighted by molar-refractivity contribution is 5.76. The molecule has 5 nitrogen and oxygen atoms in total. The first kappa shape index (κ1) is 13.4. The Kier molecular flexibility index (Phi) is 6.37. The molecule has 1 aliphatic heterocycles. The van der Waals surface area contributed by atoms with Gasteiger partial charge in [0.25, 0.3) is 0 Å². The van der Waals surface area contributed by atoms with Crippen LogP contribution in [0.1, 0.15) is 19.3 Å². The van der Waals surface area contributed by atoms with E-state index < -0.39 is 0 Å². The minimum atomic E-state index is -0.0129. The third-order valence-corrected chi connectivity index (χ3v) is 2.71. The van der Waals surface area contributed by atoms with E-state index in [0.717, 1.165) is 19.4 Å². The van der Waals surface area contributed by atoms with Gasteiger partial charge in [0.15, 0.2) is 0 Å². The van der Waals surface area contributed by atoms with Crippen LogP contribution >= 0.6 is 0 Å². The molecule has 0 aromatic heterocycles. The van der Waals surface area contributed by atoms with E-state index in [9.17, 15) is 4.79 Å². The van der Waals surface area contributed by atoms with Crippen molar-refractivity contribution in [1.29, 1.82) is 0 Å². The monoisotopic (exact) mass is 231 g/mol. The van der Waals surface area contributed by atoms with Crippen LogP contribution in [0.15, 0.2) is 0 Å². The van der Waals surface area contributed by atoms with Crippen molar-refractivity contribution in [2.75, 3.05) is 40.0 Å². The van der Waals surface area contributed by atoms with E-state index in [2.05, 4.69) is 0 Å². The van der Waals surface area contributed by atoms with E-state index in [1.165, 1.54) is 0 Å². The minimum Gasteiger partial charge on any atom is -0.395 e. The van der Waals surface area contributed by atoms with Crippen LogP contribution in [-0.4, -0.2) is 62.0 Å². The molecule has 0 aliphatic carbocycles. The third-order valence-electron chi connectivity index (χ3n) is 2.71. The number of hydrogen-bond donors (Lipinski definition) is 1. The van der Waals surface area contributed by atoms with Crippen molar-refractivity contribution < 1.29 is 19.4 Å². The molecule has 0 bridgehead atoms. The molecule has 0 aromatic carbocycles. The van der Waals surface area contributed by atoms with Gasteiger partial charge in [-0.2, -0.15) is 0 Å². The Balaban J connectivity index is 2.32. The highest BCUT2D eigenvalue weighted by Gasteiger charge is 2.22. The quantitative estimate of drug-likeness (QED) is 0.671. The first-order valence-electron chi connectivity index (χ1n) is 5.77. The Morgan fingerprint density at radius 3 is 2.94 bits per heavy atom. The fraction of sp³-hybridized carbons (Fsp3) is 0.909. The molecular weight excluding hydrogens is 210 g/mol. The SMILES string of the molecule is COCCN(CCO)C(=O)CC1CCCO1. The van der Waals surface area contributed by atoms with Crippen LogP contribution in [0.5, 0.6) is 0 Å². The maximum Gasteiger partial charge on any atom is 0.225 e. The first-order valence-corrected chi connectivity index (χ1v) is 5.77. The van der Waals surface area contributed by atoms with Crippen LogP contribution in [0.3, 0.4) is 0 Å². The van der Waals surface area contributed by atoms with E-state index in [-0.39, 0.29) is 18.6 Å². The fourth-order valence-corrected chi connectivity index (χ4v) is 1.81. The molecule has 0 radical (unpaired) electrons. The molecule has 94 valence electrons. The number of carbonyl (C=O) groups is 1. The lowest BCUT2D eigenvalue weighted by Crippen LogP contribution is -2.37. The summed E-state index contributed by atoms with van der Waals surface area (Å²) >= 11 is 0. The van der Waals surface area contributed by atoms with Crippen molar-refractivity contribution in [3.63, 3.8) is 0 Å². The molecule has 1 amide bonds. The predicted octanol–water partition coefficient (Wildman–Crippen LogP) is 0.0228. The van der Waals surface area contributed by atoms with Gasteiger partial charge in [-0.05, 0) is 12.8 Å². The van der Waals surface area contributed by atoms with Gasteiger partial charge in [0.2, 0.25) is 5.91 Å². The second-order valence-electron chi connectivity index (χ2n) is 3.94. The van der Waals surface area contributed by atoms with Crippen molar-refractivity contribution in [2.24, 2.45) is 0 Å². The minimum absolute atomic E-state index is 0.0129. The molecule has 1 unspecified atom stereocenters. The summed E-state index contributed by atoms with van der Waals surface area (Å²) in [6, 6.07) is 0. The molecular formula is C11H21NO4. The van der Waals surface area contributed by atoms with Crippen LogP contribution in [0.25, 0.3) is 0 Å². The van der Waals surface area contributed by atoms with Gasteiger partial charge < -0.3 is 19.5 Å². The number of methoxy groups -OCH3 is 1. The molecule has 0 aromatic rings. The van der Waals surface area contributed by atoms with Gasteiger partial charge in [-0.3, -0.25) is 4.79 Å². The van der Waals surface area contributed by atoms with Crippen LogP contribution < -0.4 is 0 Å². The normalized spacial score (nSPS) is 20.0. The molecule has 0 spiro atoms. The third kappa shape index (κ3) is 4.47. The van der Waals surface area contributed by atoms with Gasteiger partial charge in [0.1, 0.15) is 0 Å². The molecule has 16 heavy (non-hydrogen) atoms. The zero-order valence-electron chi connectivity index (χ0n) is 9.85. The van der Waals surface area contributed by atoms with Crippen molar-refractivity contribution in [1.82, 2.24) is 4.90 Å². The van der Waals surface area contributed by atoms with Gasteiger partial charge in [-0.15, -0.1) is 0 Å². The Hall–Kier alpha value is -0.650. The molecule has 1 rings (SSSR count). The van der Waals surface area contributed by atoms with E-state index >= 15 is 0 Å². The number of amides is 1. The predicted molar refractivity (Wildman–Crippen MR) is 59.1 cm³/mol. The Bertz CT molecular complexity index is 204. The van der Waals surface area contributed by atoms with E-state index in [1.807, 2.05) is 0 Å². The van der Waals surface area contributed by atoms with E-state index in [0.29, 0.717) is 26.1 Å². The summed E-state index contributed by atoms with van der Waals surface area (Å²) in [6.45, 7) is 2.14. The summed E-state index contributed by atoms with van der Waals surface area (Å²) in [7, 11) is 1.60. The summed E-state index contributed by atoms with van der Waals surface area (Å²) in [4.78, 5) is 13.5. The topological polar surface area (TPSA) is 59.0 Å². The Morgan fingerprint density at radius 1 is 1.56 bits per heavy atom. The molecule has 1 aliphatic rings. The average Bonchev–Trinajstić information content (AvgIpc) is 2.76. The zero-order chi connectivity index (χ0) is 11.8. The summed E-state index contributed by atoms with van der Waals surface area (Å²) < 4.78 is 10.3. The molecule has 1 atom stereocenters. The fourth-order valence-electron chi connectivity index (χ4n) is 1.81. The molecule has 0 saturated carbocycles. The number of aliphatic hydroxyl groups is 1. The Morgan fingerprint density at radius 2 is 2.38 bits per heavy atom.